The Hall–Kier alpha value is -1.83. The van der Waals surface area contributed by atoms with E-state index in [-0.39, 0.29) is 6.54 Å². The van der Waals surface area contributed by atoms with Gasteiger partial charge in [0, 0.05) is 6.42 Å². The Labute approximate surface area is 132 Å². The first-order valence-corrected chi connectivity index (χ1v) is 7.79. The lowest BCUT2D eigenvalue weighted by Crippen LogP contribution is -2.37. The third-order valence-electron chi connectivity index (χ3n) is 4.29. The molecule has 0 radical (unpaired) electrons. The van der Waals surface area contributed by atoms with Gasteiger partial charge < -0.3 is 9.05 Å². The summed E-state index contributed by atoms with van der Waals surface area (Å²) in [6, 6.07) is 0. The Morgan fingerprint density at radius 1 is 1.17 bits per heavy atom. The maximum atomic E-state index is 12.4. The number of likely N-dealkylation sites (tertiary alicyclic amines) is 1. The summed E-state index contributed by atoms with van der Waals surface area (Å²) in [5.41, 5.74) is 1.50. The van der Waals surface area contributed by atoms with Gasteiger partial charge in [0.1, 0.15) is 5.76 Å². The lowest BCUT2D eigenvalue weighted by Gasteiger charge is -2.30. The molecule has 0 unspecified atom stereocenters. The van der Waals surface area contributed by atoms with Crippen molar-refractivity contribution in [1.29, 1.82) is 0 Å². The van der Waals surface area contributed by atoms with Crippen molar-refractivity contribution in [3.8, 4) is 11.4 Å². The average Bonchev–Trinajstić information content (AvgIpc) is 3.07. The van der Waals surface area contributed by atoms with Gasteiger partial charge in [0.25, 0.3) is 6.43 Å². The van der Waals surface area contributed by atoms with Crippen molar-refractivity contribution in [2.45, 2.75) is 39.5 Å². The summed E-state index contributed by atoms with van der Waals surface area (Å²) in [5, 5.41) is 7.89. The van der Waals surface area contributed by atoms with E-state index in [2.05, 4.69) is 15.3 Å². The van der Waals surface area contributed by atoms with Crippen molar-refractivity contribution in [2.24, 2.45) is 5.92 Å². The normalized spacial score (nSPS) is 17.3. The lowest BCUT2D eigenvalue weighted by atomic mass is 9.93. The lowest BCUT2D eigenvalue weighted by molar-refractivity contribution is 0.0681. The van der Waals surface area contributed by atoms with Crippen LogP contribution in [-0.4, -0.2) is 46.3 Å². The first kappa shape index (κ1) is 16.0. The second kappa shape index (κ2) is 6.74. The van der Waals surface area contributed by atoms with Crippen molar-refractivity contribution in [2.75, 3.05) is 19.6 Å². The van der Waals surface area contributed by atoms with Crippen molar-refractivity contribution in [3.05, 3.63) is 17.3 Å². The van der Waals surface area contributed by atoms with Crippen molar-refractivity contribution < 1.29 is 17.8 Å². The van der Waals surface area contributed by atoms with E-state index in [9.17, 15) is 8.78 Å². The Balaban J connectivity index is 1.58. The molecule has 0 aromatic carbocycles. The van der Waals surface area contributed by atoms with Crippen LogP contribution in [0, 0.1) is 19.8 Å². The van der Waals surface area contributed by atoms with E-state index in [0.717, 1.165) is 24.1 Å². The number of rotatable bonds is 5. The van der Waals surface area contributed by atoms with Gasteiger partial charge in [-0.1, -0.05) is 10.3 Å². The van der Waals surface area contributed by atoms with E-state index in [1.54, 1.807) is 0 Å². The van der Waals surface area contributed by atoms with Crippen molar-refractivity contribution >= 4 is 0 Å². The number of hydrogen-bond acceptors (Lipinski definition) is 6. The second-order valence-electron chi connectivity index (χ2n) is 6.05. The fourth-order valence-electron chi connectivity index (χ4n) is 3.06. The van der Waals surface area contributed by atoms with Gasteiger partial charge in [-0.25, -0.2) is 8.78 Å². The van der Waals surface area contributed by atoms with Gasteiger partial charge in [-0.15, -0.1) is 0 Å². The van der Waals surface area contributed by atoms with Crippen LogP contribution in [-0.2, 0) is 6.42 Å². The molecule has 1 fully saturated rings. The van der Waals surface area contributed by atoms with Gasteiger partial charge in [0.15, 0.2) is 0 Å². The topological polar surface area (TPSA) is 68.2 Å². The molecule has 6 nitrogen and oxygen atoms in total. The maximum Gasteiger partial charge on any atom is 0.251 e. The van der Waals surface area contributed by atoms with Crippen LogP contribution in [0.4, 0.5) is 8.78 Å². The van der Waals surface area contributed by atoms with Gasteiger partial charge in [-0.2, -0.15) is 4.98 Å². The van der Waals surface area contributed by atoms with Crippen LogP contribution >= 0.6 is 0 Å². The largest absolute Gasteiger partial charge is 0.361 e. The summed E-state index contributed by atoms with van der Waals surface area (Å²) in [4.78, 5) is 6.23. The highest BCUT2D eigenvalue weighted by molar-refractivity contribution is 5.59. The van der Waals surface area contributed by atoms with Crippen LogP contribution in [0.2, 0.25) is 0 Å². The number of aromatic nitrogens is 3. The summed E-state index contributed by atoms with van der Waals surface area (Å²) < 4.78 is 35.2. The van der Waals surface area contributed by atoms with Crippen LogP contribution in [0.1, 0.15) is 30.2 Å². The minimum atomic E-state index is -2.26. The number of halogens is 2. The molecule has 2 aromatic rings. The van der Waals surface area contributed by atoms with Crippen LogP contribution in [0.25, 0.3) is 11.4 Å². The molecular formula is C15H20F2N4O2. The highest BCUT2D eigenvalue weighted by atomic mass is 19.3. The van der Waals surface area contributed by atoms with Gasteiger partial charge in [-0.3, -0.25) is 4.90 Å². The van der Waals surface area contributed by atoms with Crippen molar-refractivity contribution in [3.63, 3.8) is 0 Å². The minimum Gasteiger partial charge on any atom is -0.361 e. The summed E-state index contributed by atoms with van der Waals surface area (Å²) in [6.07, 6.45) is 0.157. The summed E-state index contributed by atoms with van der Waals surface area (Å²) in [6.45, 7) is 4.90. The minimum absolute atomic E-state index is 0.135. The highest BCUT2D eigenvalue weighted by Crippen LogP contribution is 2.26. The molecule has 2 aromatic heterocycles. The Morgan fingerprint density at radius 3 is 2.52 bits per heavy atom. The fourth-order valence-corrected chi connectivity index (χ4v) is 3.06. The second-order valence-corrected chi connectivity index (χ2v) is 6.05. The molecule has 1 aliphatic heterocycles. The average molecular weight is 326 g/mol. The van der Waals surface area contributed by atoms with Gasteiger partial charge in [0.05, 0.1) is 17.8 Å². The van der Waals surface area contributed by atoms with Crippen LogP contribution < -0.4 is 0 Å². The van der Waals surface area contributed by atoms with Crippen LogP contribution in [0.3, 0.4) is 0 Å². The molecule has 0 saturated carbocycles. The molecule has 0 atom stereocenters. The highest BCUT2D eigenvalue weighted by Gasteiger charge is 2.24. The Kier molecular flexibility index (Phi) is 4.70. The quantitative estimate of drug-likeness (QED) is 0.841. The number of hydrogen-bond donors (Lipinski definition) is 0. The predicted octanol–water partition coefficient (Wildman–Crippen LogP) is 2.86. The molecule has 23 heavy (non-hydrogen) atoms. The molecule has 126 valence electrons. The smallest absolute Gasteiger partial charge is 0.251 e. The summed E-state index contributed by atoms with van der Waals surface area (Å²) in [7, 11) is 0. The number of nitrogens with zero attached hydrogens (tertiary/aromatic N) is 4. The van der Waals surface area contributed by atoms with Crippen molar-refractivity contribution in [1.82, 2.24) is 20.2 Å². The molecular weight excluding hydrogens is 306 g/mol. The molecule has 1 saturated heterocycles. The maximum absolute atomic E-state index is 12.4. The Morgan fingerprint density at radius 2 is 1.91 bits per heavy atom. The van der Waals surface area contributed by atoms with Gasteiger partial charge >= 0.3 is 0 Å². The zero-order valence-electron chi connectivity index (χ0n) is 13.3. The van der Waals surface area contributed by atoms with Gasteiger partial charge in [-0.05, 0) is 45.7 Å². The molecule has 0 aliphatic carbocycles. The molecule has 8 heteroatoms. The van der Waals surface area contributed by atoms with Crippen LogP contribution in [0.5, 0.6) is 0 Å². The van der Waals surface area contributed by atoms with E-state index in [1.807, 2.05) is 18.7 Å². The molecule has 0 N–H and O–H groups in total. The monoisotopic (exact) mass is 326 g/mol. The van der Waals surface area contributed by atoms with Crippen LogP contribution in [0.15, 0.2) is 9.05 Å². The van der Waals surface area contributed by atoms with E-state index >= 15 is 0 Å². The van der Waals surface area contributed by atoms with E-state index in [0.29, 0.717) is 42.9 Å². The first-order chi connectivity index (χ1) is 11.0. The molecule has 1 aliphatic rings. The molecule has 3 rings (SSSR count). The molecule has 0 amide bonds. The Bertz CT molecular complexity index is 628. The van der Waals surface area contributed by atoms with E-state index in [4.69, 9.17) is 9.05 Å². The third-order valence-corrected chi connectivity index (χ3v) is 4.29. The third kappa shape index (κ3) is 3.74. The molecule has 0 spiro atoms. The zero-order chi connectivity index (χ0) is 16.4. The number of alkyl halides is 2. The SMILES string of the molecule is Cc1noc(C)c1-c1noc(CC2CCN(CC(F)F)CC2)n1. The molecule has 0 bridgehead atoms. The number of aryl methyl sites for hydroxylation is 2. The van der Waals surface area contributed by atoms with Gasteiger partial charge in [0.2, 0.25) is 11.7 Å². The number of piperidine rings is 1. The summed E-state index contributed by atoms with van der Waals surface area (Å²) in [5.74, 6) is 2.12. The standard InChI is InChI=1S/C15H20F2N4O2/c1-9-14(10(2)22-19-9)15-18-13(23-20-15)7-11-3-5-21(6-4-11)8-12(16)17/h11-12H,3-8H2,1-2H3. The summed E-state index contributed by atoms with van der Waals surface area (Å²) >= 11 is 0. The fraction of sp³-hybridized carbons (Fsp3) is 0.667. The van der Waals surface area contributed by atoms with E-state index < -0.39 is 6.43 Å². The zero-order valence-corrected chi connectivity index (χ0v) is 13.3. The first-order valence-electron chi connectivity index (χ1n) is 7.79. The van der Waals surface area contributed by atoms with E-state index in [1.165, 1.54) is 0 Å². The predicted molar refractivity (Wildman–Crippen MR) is 78.1 cm³/mol. The molecule has 3 heterocycles.